The van der Waals surface area contributed by atoms with Crippen LogP contribution < -0.4 is 10.5 Å². The summed E-state index contributed by atoms with van der Waals surface area (Å²) in [7, 11) is 0. The summed E-state index contributed by atoms with van der Waals surface area (Å²) < 4.78 is 12.3. The van der Waals surface area contributed by atoms with Crippen molar-refractivity contribution in [2.45, 2.75) is 88.6 Å². The molecule has 1 aromatic carbocycles. The minimum atomic E-state index is -0.580. The molecule has 2 bridgehead atoms. The standard InChI is InChI=1S/C25H37NO4/c1-24(22-16-18-3-2-4-19(15-18)17-22)28-25(30-29-24)11-9-21(10-12-25)20-5-7-23(8-6-20)27-14-13-26/h5-8,18-19,21-22H,2-4,9-17,26H2,1H3/t18?,19?,21?,22?,24-,25?/m0/s1. The van der Waals surface area contributed by atoms with Crippen molar-refractivity contribution in [2.75, 3.05) is 13.2 Å². The van der Waals surface area contributed by atoms with Crippen LogP contribution in [-0.2, 0) is 14.5 Å². The van der Waals surface area contributed by atoms with E-state index < -0.39 is 11.6 Å². The SMILES string of the molecule is C[C@@]1(C2CC3CCCC(C3)C2)OOC2(CCC(c3ccc(OCCN)cc3)CC2)O1. The number of hydrogen-bond donors (Lipinski definition) is 1. The molecule has 0 amide bonds. The van der Waals surface area contributed by atoms with Crippen molar-refractivity contribution in [1.29, 1.82) is 0 Å². The van der Waals surface area contributed by atoms with Gasteiger partial charge in [0.15, 0.2) is 0 Å². The fourth-order valence-corrected chi connectivity index (χ4v) is 6.46. The van der Waals surface area contributed by atoms with Crippen LogP contribution in [0.25, 0.3) is 0 Å². The number of nitrogens with two attached hydrogens (primary N) is 1. The third-order valence-electron chi connectivity index (χ3n) is 8.10. The smallest absolute Gasteiger partial charge is 0.204 e. The Labute approximate surface area is 180 Å². The minimum absolute atomic E-state index is 0.458. The zero-order valence-corrected chi connectivity index (χ0v) is 18.3. The highest BCUT2D eigenvalue weighted by Crippen LogP contribution is 2.53. The molecule has 5 nitrogen and oxygen atoms in total. The first-order chi connectivity index (χ1) is 14.6. The summed E-state index contributed by atoms with van der Waals surface area (Å²) in [5, 5.41) is 0. The second-order valence-corrected chi connectivity index (χ2v) is 10.2. The Morgan fingerprint density at radius 2 is 1.67 bits per heavy atom. The van der Waals surface area contributed by atoms with E-state index in [9.17, 15) is 0 Å². The maximum absolute atomic E-state index is 6.65. The Bertz CT molecular complexity index is 702. The predicted molar refractivity (Wildman–Crippen MR) is 115 cm³/mol. The molecule has 166 valence electrons. The van der Waals surface area contributed by atoms with Crippen molar-refractivity contribution in [3.63, 3.8) is 0 Å². The van der Waals surface area contributed by atoms with E-state index in [4.69, 9.17) is 25.0 Å². The average Bonchev–Trinajstić information content (AvgIpc) is 3.10. The van der Waals surface area contributed by atoms with Crippen LogP contribution in [0.5, 0.6) is 5.75 Å². The molecule has 0 aromatic heterocycles. The molecule has 4 fully saturated rings. The molecule has 2 N–H and O–H groups in total. The number of fused-ring (bicyclic) bond motifs is 2. The molecule has 0 radical (unpaired) electrons. The normalized spacial score (nSPS) is 41.1. The topological polar surface area (TPSA) is 62.9 Å². The van der Waals surface area contributed by atoms with Gasteiger partial charge in [0, 0.05) is 25.3 Å². The van der Waals surface area contributed by atoms with Crippen LogP contribution in [0, 0.1) is 17.8 Å². The molecule has 1 aliphatic heterocycles. The van der Waals surface area contributed by atoms with Crippen molar-refractivity contribution in [3.05, 3.63) is 29.8 Å². The third kappa shape index (κ3) is 4.14. The van der Waals surface area contributed by atoms with Crippen molar-refractivity contribution >= 4 is 0 Å². The average molecular weight is 416 g/mol. The summed E-state index contributed by atoms with van der Waals surface area (Å²) in [4.78, 5) is 11.9. The van der Waals surface area contributed by atoms with Crippen molar-refractivity contribution in [2.24, 2.45) is 23.5 Å². The van der Waals surface area contributed by atoms with Crippen LogP contribution in [0.4, 0.5) is 0 Å². The van der Waals surface area contributed by atoms with Gasteiger partial charge in [0.25, 0.3) is 0 Å². The summed E-state index contributed by atoms with van der Waals surface area (Å²) in [6.07, 6.45) is 11.9. The van der Waals surface area contributed by atoms with E-state index in [1.54, 1.807) is 0 Å². The highest BCUT2D eigenvalue weighted by Gasteiger charge is 2.56. The number of ether oxygens (including phenoxy) is 2. The summed E-state index contributed by atoms with van der Waals surface area (Å²) >= 11 is 0. The van der Waals surface area contributed by atoms with Crippen molar-refractivity contribution < 1.29 is 19.2 Å². The molecule has 3 saturated carbocycles. The van der Waals surface area contributed by atoms with E-state index >= 15 is 0 Å². The Balaban J connectivity index is 1.18. The molecule has 1 heterocycles. The van der Waals surface area contributed by atoms with Crippen molar-refractivity contribution in [3.8, 4) is 5.75 Å². The monoisotopic (exact) mass is 415 g/mol. The Kier molecular flexibility index (Phi) is 5.82. The predicted octanol–water partition coefficient (Wildman–Crippen LogP) is 5.29. The van der Waals surface area contributed by atoms with Gasteiger partial charge in [-0.05, 0) is 74.5 Å². The van der Waals surface area contributed by atoms with Gasteiger partial charge in [-0.25, -0.2) is 0 Å². The van der Waals surface area contributed by atoms with Crippen LogP contribution in [0.1, 0.15) is 82.6 Å². The number of hydrogen-bond acceptors (Lipinski definition) is 5. The number of rotatable bonds is 5. The molecule has 30 heavy (non-hydrogen) atoms. The van der Waals surface area contributed by atoms with Crippen LogP contribution >= 0.6 is 0 Å². The second kappa shape index (κ2) is 8.42. The largest absolute Gasteiger partial charge is 0.492 e. The molecule has 2 unspecified atom stereocenters. The first-order valence-electron chi connectivity index (χ1n) is 12.1. The Morgan fingerprint density at radius 1 is 0.967 bits per heavy atom. The van der Waals surface area contributed by atoms with E-state index in [0.29, 0.717) is 25.0 Å². The zero-order valence-electron chi connectivity index (χ0n) is 18.3. The Morgan fingerprint density at radius 3 is 2.33 bits per heavy atom. The lowest BCUT2D eigenvalue weighted by Crippen LogP contribution is -2.45. The highest BCUT2D eigenvalue weighted by atomic mass is 17.3. The summed E-state index contributed by atoms with van der Waals surface area (Å²) in [6, 6.07) is 8.48. The fourth-order valence-electron chi connectivity index (χ4n) is 6.46. The quantitative estimate of drug-likeness (QED) is 0.662. The van der Waals surface area contributed by atoms with Gasteiger partial charge < -0.3 is 15.2 Å². The first-order valence-corrected chi connectivity index (χ1v) is 12.1. The molecular formula is C25H37NO4. The van der Waals surface area contributed by atoms with Gasteiger partial charge >= 0.3 is 0 Å². The first kappa shape index (κ1) is 20.7. The van der Waals surface area contributed by atoms with Gasteiger partial charge in [-0.2, -0.15) is 9.78 Å². The number of benzene rings is 1. The van der Waals surface area contributed by atoms with Gasteiger partial charge in [0.1, 0.15) is 12.4 Å². The maximum Gasteiger partial charge on any atom is 0.204 e. The van der Waals surface area contributed by atoms with E-state index in [1.807, 2.05) is 0 Å². The van der Waals surface area contributed by atoms with E-state index in [2.05, 4.69) is 31.2 Å². The van der Waals surface area contributed by atoms with Gasteiger partial charge in [-0.3, -0.25) is 0 Å². The maximum atomic E-state index is 6.65. The molecular weight excluding hydrogens is 378 g/mol. The van der Waals surface area contributed by atoms with Gasteiger partial charge in [0.05, 0.1) is 0 Å². The molecule has 5 rings (SSSR count). The molecule has 5 heteroatoms. The lowest BCUT2D eigenvalue weighted by molar-refractivity contribution is -0.361. The zero-order chi connectivity index (χ0) is 20.6. The summed E-state index contributed by atoms with van der Waals surface area (Å²) in [5.74, 6) is 2.46. The third-order valence-corrected chi connectivity index (χ3v) is 8.10. The van der Waals surface area contributed by atoms with Gasteiger partial charge in [-0.15, -0.1) is 0 Å². The molecule has 3 aliphatic carbocycles. The molecule has 1 spiro atoms. The van der Waals surface area contributed by atoms with Crippen molar-refractivity contribution in [1.82, 2.24) is 0 Å². The van der Waals surface area contributed by atoms with E-state index in [-0.39, 0.29) is 0 Å². The summed E-state index contributed by atoms with van der Waals surface area (Å²) in [6.45, 7) is 3.22. The van der Waals surface area contributed by atoms with Crippen LogP contribution in [0.15, 0.2) is 24.3 Å². The molecule has 1 aromatic rings. The van der Waals surface area contributed by atoms with Crippen LogP contribution in [-0.4, -0.2) is 24.7 Å². The van der Waals surface area contributed by atoms with Crippen LogP contribution in [0.2, 0.25) is 0 Å². The van der Waals surface area contributed by atoms with E-state index in [1.165, 1.54) is 44.1 Å². The highest BCUT2D eigenvalue weighted by molar-refractivity contribution is 5.29. The summed E-state index contributed by atoms with van der Waals surface area (Å²) in [5.41, 5.74) is 6.88. The lowest BCUT2D eigenvalue weighted by Gasteiger charge is -2.44. The van der Waals surface area contributed by atoms with Gasteiger partial charge in [-0.1, -0.05) is 31.4 Å². The molecule has 4 aliphatic rings. The van der Waals surface area contributed by atoms with Gasteiger partial charge in [0.2, 0.25) is 11.6 Å². The lowest BCUT2D eigenvalue weighted by atomic mass is 9.66. The Hall–Kier alpha value is -1.14. The minimum Gasteiger partial charge on any atom is -0.492 e. The second-order valence-electron chi connectivity index (χ2n) is 10.2. The molecule has 3 atom stereocenters. The van der Waals surface area contributed by atoms with E-state index in [0.717, 1.165) is 43.3 Å². The fraction of sp³-hybridized carbons (Fsp3) is 0.760. The molecule has 1 saturated heterocycles. The van der Waals surface area contributed by atoms with Crippen LogP contribution in [0.3, 0.4) is 0 Å².